The van der Waals surface area contributed by atoms with E-state index >= 15 is 0 Å². The normalized spacial score (nSPS) is 9.50. The van der Waals surface area contributed by atoms with Gasteiger partial charge in [-0.15, -0.1) is 0 Å². The van der Waals surface area contributed by atoms with Crippen molar-refractivity contribution in [1.82, 2.24) is 4.98 Å². The molecule has 0 unspecified atom stereocenters. The molecule has 1 aromatic carbocycles. The van der Waals surface area contributed by atoms with E-state index < -0.39 is 0 Å². The van der Waals surface area contributed by atoms with Gasteiger partial charge in [-0.3, -0.25) is 0 Å². The third kappa shape index (κ3) is 2.37. The Hall–Kier alpha value is -2.34. The lowest BCUT2D eigenvalue weighted by atomic mass is 10.2. The highest BCUT2D eigenvalue weighted by Gasteiger charge is 1.99. The van der Waals surface area contributed by atoms with Crippen molar-refractivity contribution < 1.29 is 4.74 Å². The van der Waals surface area contributed by atoms with Gasteiger partial charge in [-0.2, -0.15) is 5.26 Å². The van der Waals surface area contributed by atoms with Crippen molar-refractivity contribution in [2.45, 2.75) is 6.92 Å². The Morgan fingerprint density at radius 2 is 2.00 bits per heavy atom. The van der Waals surface area contributed by atoms with Gasteiger partial charge in [-0.05, 0) is 30.7 Å². The lowest BCUT2D eigenvalue weighted by Crippen LogP contribution is -1.90. The van der Waals surface area contributed by atoms with Crippen LogP contribution in [0.15, 0.2) is 42.5 Å². The maximum Gasteiger partial charge on any atom is 0.220 e. The Bertz CT molecular complexity index is 544. The monoisotopic (exact) mass is 210 g/mol. The van der Waals surface area contributed by atoms with Gasteiger partial charge in [-0.1, -0.05) is 18.2 Å². The fourth-order valence-electron chi connectivity index (χ4n) is 1.33. The molecule has 0 aliphatic rings. The number of ether oxygens (including phenoxy) is 1. The van der Waals surface area contributed by atoms with Crippen molar-refractivity contribution in [1.29, 1.82) is 5.26 Å². The minimum Gasteiger partial charge on any atom is -0.439 e. The lowest BCUT2D eigenvalue weighted by Gasteiger charge is -2.04. The summed E-state index contributed by atoms with van der Waals surface area (Å²) in [4.78, 5) is 4.03. The van der Waals surface area contributed by atoms with Crippen molar-refractivity contribution in [3.63, 3.8) is 0 Å². The molecule has 0 amide bonds. The summed E-state index contributed by atoms with van der Waals surface area (Å²) in [6.07, 6.45) is 0. The van der Waals surface area contributed by atoms with Gasteiger partial charge in [0.25, 0.3) is 0 Å². The molecule has 0 atom stereocenters. The van der Waals surface area contributed by atoms with Crippen LogP contribution in [0, 0.1) is 18.3 Å². The van der Waals surface area contributed by atoms with Crippen LogP contribution in [0.1, 0.15) is 11.3 Å². The van der Waals surface area contributed by atoms with E-state index in [0.29, 0.717) is 11.6 Å². The number of nitrogens with zero attached hydrogens (tertiary/aromatic N) is 2. The number of hydrogen-bond donors (Lipinski definition) is 0. The number of hydrogen-bond acceptors (Lipinski definition) is 3. The second kappa shape index (κ2) is 4.45. The van der Waals surface area contributed by atoms with Crippen LogP contribution in [-0.4, -0.2) is 4.98 Å². The first-order chi connectivity index (χ1) is 7.78. The Balaban J connectivity index is 2.24. The molecule has 0 aliphatic heterocycles. The predicted molar refractivity (Wildman–Crippen MR) is 60.2 cm³/mol. The summed E-state index contributed by atoms with van der Waals surface area (Å²) in [6, 6.07) is 14.8. The minimum atomic E-state index is 0.352. The highest BCUT2D eigenvalue weighted by molar-refractivity contribution is 5.32. The first kappa shape index (κ1) is 10.2. The van der Waals surface area contributed by atoms with Gasteiger partial charge in [0.05, 0.1) is 0 Å². The molecule has 0 saturated carbocycles. The molecule has 2 aromatic rings. The van der Waals surface area contributed by atoms with Crippen molar-refractivity contribution in [2.75, 3.05) is 0 Å². The summed E-state index contributed by atoms with van der Waals surface area (Å²) in [6.45, 7) is 1.99. The molecule has 78 valence electrons. The first-order valence-electron chi connectivity index (χ1n) is 4.89. The SMILES string of the molecule is Cc1cccc(Oc2cccc(C#N)n2)c1. The number of aryl methyl sites for hydroxylation is 1. The molecule has 2 rings (SSSR count). The summed E-state index contributed by atoms with van der Waals surface area (Å²) in [5.74, 6) is 1.16. The maximum atomic E-state index is 8.70. The summed E-state index contributed by atoms with van der Waals surface area (Å²) in [7, 11) is 0. The number of nitriles is 1. The lowest BCUT2D eigenvalue weighted by molar-refractivity contribution is 0.462. The van der Waals surface area contributed by atoms with Crippen LogP contribution in [0.25, 0.3) is 0 Å². The fraction of sp³-hybridized carbons (Fsp3) is 0.0769. The number of aromatic nitrogens is 1. The molecule has 1 aromatic heterocycles. The summed E-state index contributed by atoms with van der Waals surface area (Å²) >= 11 is 0. The Morgan fingerprint density at radius 1 is 1.19 bits per heavy atom. The second-order valence-corrected chi connectivity index (χ2v) is 3.39. The number of pyridine rings is 1. The highest BCUT2D eigenvalue weighted by Crippen LogP contribution is 2.20. The van der Waals surface area contributed by atoms with E-state index in [-0.39, 0.29) is 0 Å². The number of rotatable bonds is 2. The van der Waals surface area contributed by atoms with E-state index in [1.807, 2.05) is 37.3 Å². The minimum absolute atomic E-state index is 0.352. The molecule has 0 aliphatic carbocycles. The van der Waals surface area contributed by atoms with Gasteiger partial charge < -0.3 is 4.74 Å². The zero-order chi connectivity index (χ0) is 11.4. The molecule has 1 heterocycles. The topological polar surface area (TPSA) is 45.9 Å². The van der Waals surface area contributed by atoms with Crippen LogP contribution in [0.3, 0.4) is 0 Å². The average molecular weight is 210 g/mol. The standard InChI is InChI=1S/C13H10N2O/c1-10-4-2-6-12(8-10)16-13-7-3-5-11(9-14)15-13/h2-8H,1H3. The van der Waals surface area contributed by atoms with Crippen LogP contribution in [-0.2, 0) is 0 Å². The van der Waals surface area contributed by atoms with Gasteiger partial charge in [0, 0.05) is 6.07 Å². The summed E-state index contributed by atoms with van der Waals surface area (Å²) in [5, 5.41) is 8.70. The summed E-state index contributed by atoms with van der Waals surface area (Å²) < 4.78 is 5.54. The van der Waals surface area contributed by atoms with E-state index in [1.165, 1.54) is 0 Å². The van der Waals surface area contributed by atoms with Crippen molar-refractivity contribution in [3.8, 4) is 17.7 Å². The van der Waals surface area contributed by atoms with Gasteiger partial charge in [0.1, 0.15) is 17.5 Å². The molecule has 0 fully saturated rings. The van der Waals surface area contributed by atoms with E-state index in [2.05, 4.69) is 4.98 Å². The molecule has 0 bridgehead atoms. The Morgan fingerprint density at radius 3 is 2.75 bits per heavy atom. The first-order valence-corrected chi connectivity index (χ1v) is 4.89. The molecule has 3 nitrogen and oxygen atoms in total. The maximum absolute atomic E-state index is 8.70. The van der Waals surface area contributed by atoms with Crippen LogP contribution >= 0.6 is 0 Å². The highest BCUT2D eigenvalue weighted by atomic mass is 16.5. The Labute approximate surface area is 93.9 Å². The molecule has 3 heteroatoms. The van der Waals surface area contributed by atoms with E-state index in [1.54, 1.807) is 18.2 Å². The third-order valence-electron chi connectivity index (χ3n) is 2.05. The summed E-state index contributed by atoms with van der Waals surface area (Å²) in [5.41, 5.74) is 1.47. The van der Waals surface area contributed by atoms with Gasteiger partial charge in [0.15, 0.2) is 0 Å². The van der Waals surface area contributed by atoms with Crippen molar-refractivity contribution in [2.24, 2.45) is 0 Å². The quantitative estimate of drug-likeness (QED) is 0.765. The third-order valence-corrected chi connectivity index (χ3v) is 2.05. The predicted octanol–water partition coefficient (Wildman–Crippen LogP) is 3.05. The molecule has 16 heavy (non-hydrogen) atoms. The van der Waals surface area contributed by atoms with Crippen LogP contribution in [0.2, 0.25) is 0 Å². The fourth-order valence-corrected chi connectivity index (χ4v) is 1.33. The van der Waals surface area contributed by atoms with Crippen molar-refractivity contribution >= 4 is 0 Å². The average Bonchev–Trinajstić information content (AvgIpc) is 2.29. The second-order valence-electron chi connectivity index (χ2n) is 3.39. The molecule has 0 radical (unpaired) electrons. The molecular formula is C13H10N2O. The molecule has 0 N–H and O–H groups in total. The molecular weight excluding hydrogens is 200 g/mol. The van der Waals surface area contributed by atoms with Crippen molar-refractivity contribution in [3.05, 3.63) is 53.7 Å². The Kier molecular flexibility index (Phi) is 2.84. The zero-order valence-electron chi connectivity index (χ0n) is 8.84. The van der Waals surface area contributed by atoms with E-state index in [4.69, 9.17) is 10.00 Å². The van der Waals surface area contributed by atoms with Gasteiger partial charge in [0.2, 0.25) is 5.88 Å². The molecule has 0 spiro atoms. The largest absolute Gasteiger partial charge is 0.439 e. The van der Waals surface area contributed by atoms with Gasteiger partial charge in [-0.25, -0.2) is 4.98 Å². The van der Waals surface area contributed by atoms with Crippen LogP contribution < -0.4 is 4.74 Å². The van der Waals surface area contributed by atoms with Gasteiger partial charge >= 0.3 is 0 Å². The van der Waals surface area contributed by atoms with E-state index in [0.717, 1.165) is 11.3 Å². The number of benzene rings is 1. The van der Waals surface area contributed by atoms with Crippen LogP contribution in [0.4, 0.5) is 0 Å². The molecule has 0 saturated heterocycles. The smallest absolute Gasteiger partial charge is 0.220 e. The van der Waals surface area contributed by atoms with E-state index in [9.17, 15) is 0 Å². The zero-order valence-corrected chi connectivity index (χ0v) is 8.84. The van der Waals surface area contributed by atoms with Crippen LogP contribution in [0.5, 0.6) is 11.6 Å².